The number of carboxylic acid groups (broad SMARTS) is 1. The van der Waals surface area contributed by atoms with Gasteiger partial charge in [-0.1, -0.05) is 18.2 Å². The highest BCUT2D eigenvalue weighted by molar-refractivity contribution is 5.89. The van der Waals surface area contributed by atoms with E-state index in [0.29, 0.717) is 17.9 Å². The maximum Gasteiger partial charge on any atom is 0.335 e. The molecule has 0 radical (unpaired) electrons. The first-order valence-electron chi connectivity index (χ1n) is 10.3. The summed E-state index contributed by atoms with van der Waals surface area (Å²) in [5.41, 5.74) is 1.32. The van der Waals surface area contributed by atoms with Gasteiger partial charge in [0, 0.05) is 32.7 Å². The van der Waals surface area contributed by atoms with Crippen LogP contribution in [0.5, 0.6) is 0 Å². The van der Waals surface area contributed by atoms with Crippen molar-refractivity contribution in [2.75, 3.05) is 26.3 Å². The smallest absolute Gasteiger partial charge is 0.335 e. The molecule has 0 aliphatic carbocycles. The Bertz CT molecular complexity index is 631. The summed E-state index contributed by atoms with van der Waals surface area (Å²) < 4.78 is 5.39. The minimum atomic E-state index is -0.859. The largest absolute Gasteiger partial charge is 0.478 e. The molecule has 2 aliphatic rings. The van der Waals surface area contributed by atoms with E-state index in [1.165, 1.54) is 0 Å². The fourth-order valence-electron chi connectivity index (χ4n) is 4.34. The monoisotopic (exact) mass is 373 g/mol. The van der Waals surface area contributed by atoms with Crippen molar-refractivity contribution in [1.29, 1.82) is 0 Å². The molecule has 3 rings (SSSR count). The van der Waals surface area contributed by atoms with Crippen molar-refractivity contribution in [2.45, 2.75) is 51.4 Å². The average molecular weight is 373 g/mol. The van der Waals surface area contributed by atoms with E-state index < -0.39 is 5.97 Å². The topological polar surface area (TPSA) is 66.8 Å². The predicted molar refractivity (Wildman–Crippen MR) is 104 cm³/mol. The first-order chi connectivity index (χ1) is 13.1. The van der Waals surface area contributed by atoms with Gasteiger partial charge in [-0.3, -0.25) is 4.79 Å². The molecular formula is C22H31NO4. The van der Waals surface area contributed by atoms with Gasteiger partial charge in [-0.15, -0.1) is 0 Å². The van der Waals surface area contributed by atoms with Crippen molar-refractivity contribution in [1.82, 2.24) is 4.90 Å². The molecule has 2 aliphatic heterocycles. The Morgan fingerprint density at radius 2 is 1.74 bits per heavy atom. The highest BCUT2D eigenvalue weighted by Crippen LogP contribution is 2.25. The molecule has 2 fully saturated rings. The minimum absolute atomic E-state index is 0.284. The van der Waals surface area contributed by atoms with Crippen molar-refractivity contribution in [2.24, 2.45) is 11.8 Å². The molecule has 0 bridgehead atoms. The third-order valence-electron chi connectivity index (χ3n) is 6.07. The molecular weight excluding hydrogens is 342 g/mol. The first kappa shape index (κ1) is 19.9. The molecule has 1 amide bonds. The number of benzene rings is 1. The molecule has 0 saturated carbocycles. The lowest BCUT2D eigenvalue weighted by Crippen LogP contribution is -2.38. The molecule has 0 atom stereocenters. The van der Waals surface area contributed by atoms with Gasteiger partial charge in [0.15, 0.2) is 0 Å². The molecule has 0 spiro atoms. The normalized spacial score (nSPS) is 19.2. The van der Waals surface area contributed by atoms with Crippen LogP contribution in [0, 0.1) is 11.8 Å². The SMILES string of the molecule is O=C(O)c1ccccc1CC1CCN(C(=O)CCCC2CCOCC2)CC1. The molecule has 0 aromatic heterocycles. The van der Waals surface area contributed by atoms with E-state index in [4.69, 9.17) is 4.74 Å². The molecule has 2 saturated heterocycles. The lowest BCUT2D eigenvalue weighted by atomic mass is 9.88. The minimum Gasteiger partial charge on any atom is -0.478 e. The van der Waals surface area contributed by atoms with Gasteiger partial charge in [0.05, 0.1) is 5.56 Å². The van der Waals surface area contributed by atoms with Crippen LogP contribution < -0.4 is 0 Å². The number of carbonyl (C=O) groups is 2. The van der Waals surface area contributed by atoms with Crippen molar-refractivity contribution >= 4 is 11.9 Å². The number of piperidine rings is 1. The van der Waals surface area contributed by atoms with Gasteiger partial charge >= 0.3 is 5.97 Å². The van der Waals surface area contributed by atoms with E-state index in [9.17, 15) is 14.7 Å². The molecule has 27 heavy (non-hydrogen) atoms. The highest BCUT2D eigenvalue weighted by atomic mass is 16.5. The first-order valence-corrected chi connectivity index (χ1v) is 10.3. The molecule has 2 heterocycles. The predicted octanol–water partition coefficient (Wildman–Crippen LogP) is 3.76. The molecule has 5 heteroatoms. The maximum atomic E-state index is 12.5. The zero-order chi connectivity index (χ0) is 19.1. The number of ether oxygens (including phenoxy) is 1. The van der Waals surface area contributed by atoms with Gasteiger partial charge in [0.2, 0.25) is 5.91 Å². The van der Waals surface area contributed by atoms with Crippen molar-refractivity contribution in [3.8, 4) is 0 Å². The number of aromatic carboxylic acids is 1. The second-order valence-electron chi connectivity index (χ2n) is 7.94. The van der Waals surface area contributed by atoms with E-state index in [1.54, 1.807) is 12.1 Å². The molecule has 0 unspecified atom stereocenters. The zero-order valence-electron chi connectivity index (χ0n) is 16.1. The van der Waals surface area contributed by atoms with E-state index in [1.807, 2.05) is 17.0 Å². The number of hydrogen-bond donors (Lipinski definition) is 1. The summed E-state index contributed by atoms with van der Waals surface area (Å²) in [4.78, 5) is 25.8. The van der Waals surface area contributed by atoms with Gasteiger partial charge in [-0.2, -0.15) is 0 Å². The van der Waals surface area contributed by atoms with Gasteiger partial charge in [0.25, 0.3) is 0 Å². The van der Waals surface area contributed by atoms with E-state index in [-0.39, 0.29) is 5.91 Å². The van der Waals surface area contributed by atoms with Gasteiger partial charge in [-0.05, 0) is 68.4 Å². The van der Waals surface area contributed by atoms with E-state index in [2.05, 4.69) is 0 Å². The maximum absolute atomic E-state index is 12.5. The van der Waals surface area contributed by atoms with Crippen LogP contribution in [0.25, 0.3) is 0 Å². The summed E-state index contributed by atoms with van der Waals surface area (Å²) in [5, 5.41) is 9.33. The van der Waals surface area contributed by atoms with Gasteiger partial charge < -0.3 is 14.7 Å². The van der Waals surface area contributed by atoms with Gasteiger partial charge in [0.1, 0.15) is 0 Å². The summed E-state index contributed by atoms with van der Waals surface area (Å²) in [6.45, 7) is 3.35. The summed E-state index contributed by atoms with van der Waals surface area (Å²) in [5.74, 6) is 0.609. The van der Waals surface area contributed by atoms with Crippen molar-refractivity contribution < 1.29 is 19.4 Å². The lowest BCUT2D eigenvalue weighted by molar-refractivity contribution is -0.132. The molecule has 1 N–H and O–H groups in total. The highest BCUT2D eigenvalue weighted by Gasteiger charge is 2.24. The second-order valence-corrected chi connectivity index (χ2v) is 7.94. The zero-order valence-corrected chi connectivity index (χ0v) is 16.1. The number of hydrogen-bond acceptors (Lipinski definition) is 3. The second kappa shape index (κ2) is 9.88. The van der Waals surface area contributed by atoms with E-state index in [0.717, 1.165) is 82.7 Å². The quantitative estimate of drug-likeness (QED) is 0.790. The van der Waals surface area contributed by atoms with Crippen LogP contribution in [0.15, 0.2) is 24.3 Å². The third-order valence-corrected chi connectivity index (χ3v) is 6.07. The lowest BCUT2D eigenvalue weighted by Gasteiger charge is -2.32. The number of rotatable bonds is 7. The Labute approximate surface area is 161 Å². The fraction of sp³-hybridized carbons (Fsp3) is 0.636. The molecule has 5 nitrogen and oxygen atoms in total. The number of amides is 1. The standard InChI is InChI=1S/C22H31NO4/c24-21(7-3-4-17-10-14-27-15-11-17)23-12-8-18(9-13-23)16-19-5-1-2-6-20(19)22(25)26/h1-2,5-6,17-18H,3-4,7-16H2,(H,25,26). The van der Waals surface area contributed by atoms with E-state index >= 15 is 0 Å². The Hall–Kier alpha value is -1.88. The number of carbonyl (C=O) groups excluding carboxylic acids is 1. The van der Waals surface area contributed by atoms with Crippen molar-refractivity contribution in [3.63, 3.8) is 0 Å². The summed E-state index contributed by atoms with van der Waals surface area (Å²) in [6.07, 6.45) is 7.75. The summed E-state index contributed by atoms with van der Waals surface area (Å²) in [7, 11) is 0. The Kier molecular flexibility index (Phi) is 7.27. The Balaban J connectivity index is 1.39. The number of carboxylic acids is 1. The molecule has 1 aromatic carbocycles. The van der Waals surface area contributed by atoms with Crippen LogP contribution in [0.3, 0.4) is 0 Å². The van der Waals surface area contributed by atoms with Crippen LogP contribution in [0.4, 0.5) is 0 Å². The summed E-state index contributed by atoms with van der Waals surface area (Å²) in [6, 6.07) is 7.26. The molecule has 148 valence electrons. The fourth-order valence-corrected chi connectivity index (χ4v) is 4.34. The van der Waals surface area contributed by atoms with Crippen LogP contribution in [-0.2, 0) is 16.0 Å². The van der Waals surface area contributed by atoms with Crippen molar-refractivity contribution in [3.05, 3.63) is 35.4 Å². The van der Waals surface area contributed by atoms with Crippen LogP contribution in [0.2, 0.25) is 0 Å². The van der Waals surface area contributed by atoms with Crippen LogP contribution in [-0.4, -0.2) is 48.2 Å². The van der Waals surface area contributed by atoms with Crippen LogP contribution >= 0.6 is 0 Å². The average Bonchev–Trinajstić information content (AvgIpc) is 2.69. The Morgan fingerprint density at radius 1 is 1.04 bits per heavy atom. The van der Waals surface area contributed by atoms with Crippen LogP contribution in [0.1, 0.15) is 60.9 Å². The number of nitrogens with zero attached hydrogens (tertiary/aromatic N) is 1. The third kappa shape index (κ3) is 5.80. The summed E-state index contributed by atoms with van der Waals surface area (Å²) >= 11 is 0. The Morgan fingerprint density at radius 3 is 2.44 bits per heavy atom. The molecule has 1 aromatic rings. The van der Waals surface area contributed by atoms with Gasteiger partial charge in [-0.25, -0.2) is 4.79 Å². The number of likely N-dealkylation sites (tertiary alicyclic amines) is 1.